The van der Waals surface area contributed by atoms with E-state index in [9.17, 15) is 0 Å². The number of hydrogen-bond donors (Lipinski definition) is 0. The molecule has 0 bridgehead atoms. The van der Waals surface area contributed by atoms with Crippen molar-refractivity contribution in [3.8, 4) is 22.9 Å². The molecule has 2 aromatic rings. The molecule has 0 N–H and O–H groups in total. The van der Waals surface area contributed by atoms with E-state index in [0.29, 0.717) is 5.92 Å². The van der Waals surface area contributed by atoms with Gasteiger partial charge >= 0.3 is 0 Å². The van der Waals surface area contributed by atoms with Gasteiger partial charge in [0.2, 0.25) is 0 Å². The van der Waals surface area contributed by atoms with Crippen molar-refractivity contribution in [1.82, 2.24) is 9.78 Å². The third-order valence-corrected chi connectivity index (χ3v) is 3.05. The normalized spacial score (nSPS) is 10.5. The summed E-state index contributed by atoms with van der Waals surface area (Å²) in [4.78, 5) is 0. The minimum Gasteiger partial charge on any atom is -0.496 e. The van der Waals surface area contributed by atoms with Crippen LogP contribution in [-0.4, -0.2) is 16.9 Å². The van der Waals surface area contributed by atoms with Gasteiger partial charge in [-0.15, -0.1) is 0 Å². The summed E-state index contributed by atoms with van der Waals surface area (Å²) in [6.45, 7) is 4.55. The Morgan fingerprint density at radius 1 is 1.37 bits per heavy atom. The molecule has 0 saturated heterocycles. The van der Waals surface area contributed by atoms with Gasteiger partial charge in [0.15, 0.2) is 0 Å². The average molecular weight is 255 g/mol. The maximum Gasteiger partial charge on any atom is 0.128 e. The standard InChI is InChI=1S/C15H17N3O/c1-11(2)14-8-12(4-5-15(14)19-3)13-9-17-18(10-13)7-6-16/h4-5,8-11H,7H2,1-3H3. The molecule has 4 nitrogen and oxygen atoms in total. The van der Waals surface area contributed by atoms with Crippen LogP contribution in [-0.2, 0) is 6.54 Å². The minimum absolute atomic E-state index is 0.271. The molecule has 4 heteroatoms. The van der Waals surface area contributed by atoms with Crippen LogP contribution in [0.3, 0.4) is 0 Å². The number of methoxy groups -OCH3 is 1. The van der Waals surface area contributed by atoms with Crippen molar-refractivity contribution in [2.24, 2.45) is 0 Å². The summed E-state index contributed by atoms with van der Waals surface area (Å²) in [7, 11) is 1.69. The maximum atomic E-state index is 8.66. The van der Waals surface area contributed by atoms with Crippen LogP contribution in [0.2, 0.25) is 0 Å². The van der Waals surface area contributed by atoms with Gasteiger partial charge in [-0.2, -0.15) is 10.4 Å². The first-order valence-corrected chi connectivity index (χ1v) is 6.23. The van der Waals surface area contributed by atoms with E-state index in [-0.39, 0.29) is 6.54 Å². The van der Waals surface area contributed by atoms with Crippen LogP contribution in [0.5, 0.6) is 5.75 Å². The lowest BCUT2D eigenvalue weighted by Gasteiger charge is -2.13. The van der Waals surface area contributed by atoms with Gasteiger partial charge in [0.25, 0.3) is 0 Å². The predicted molar refractivity (Wildman–Crippen MR) is 73.9 cm³/mol. The molecule has 0 saturated carbocycles. The highest BCUT2D eigenvalue weighted by molar-refractivity contribution is 5.64. The Bertz CT molecular complexity index is 608. The van der Waals surface area contributed by atoms with Gasteiger partial charge in [-0.1, -0.05) is 19.9 Å². The third kappa shape index (κ3) is 2.76. The molecule has 0 atom stereocenters. The maximum absolute atomic E-state index is 8.66. The van der Waals surface area contributed by atoms with Crippen LogP contribution >= 0.6 is 0 Å². The molecule has 0 amide bonds. The second-order valence-corrected chi connectivity index (χ2v) is 4.70. The second kappa shape index (κ2) is 5.57. The van der Waals surface area contributed by atoms with Crippen molar-refractivity contribution in [1.29, 1.82) is 5.26 Å². The number of nitriles is 1. The molecule has 0 aliphatic rings. The molecular weight excluding hydrogens is 238 g/mol. The van der Waals surface area contributed by atoms with E-state index in [2.05, 4.69) is 31.1 Å². The first-order chi connectivity index (χ1) is 9.15. The number of aromatic nitrogens is 2. The quantitative estimate of drug-likeness (QED) is 0.843. The first kappa shape index (κ1) is 13.2. The van der Waals surface area contributed by atoms with Crippen molar-refractivity contribution in [2.45, 2.75) is 26.3 Å². The van der Waals surface area contributed by atoms with Crippen LogP contribution in [0.4, 0.5) is 0 Å². The Morgan fingerprint density at radius 3 is 2.79 bits per heavy atom. The summed E-state index contributed by atoms with van der Waals surface area (Å²) in [5.41, 5.74) is 3.28. The fourth-order valence-corrected chi connectivity index (χ4v) is 2.04. The lowest BCUT2D eigenvalue weighted by molar-refractivity contribution is 0.407. The third-order valence-electron chi connectivity index (χ3n) is 3.05. The summed E-state index contributed by atoms with van der Waals surface area (Å²) in [6.07, 6.45) is 3.67. The fourth-order valence-electron chi connectivity index (χ4n) is 2.04. The predicted octanol–water partition coefficient (Wildman–Crippen LogP) is 3.21. The Kier molecular flexibility index (Phi) is 3.86. The van der Waals surface area contributed by atoms with Gasteiger partial charge in [0.05, 0.1) is 19.4 Å². The molecule has 2 rings (SSSR count). The van der Waals surface area contributed by atoms with Crippen molar-refractivity contribution >= 4 is 0 Å². The molecular formula is C15H17N3O. The second-order valence-electron chi connectivity index (χ2n) is 4.70. The van der Waals surface area contributed by atoms with Crippen molar-refractivity contribution < 1.29 is 4.74 Å². The lowest BCUT2D eigenvalue weighted by atomic mass is 9.97. The zero-order valence-corrected chi connectivity index (χ0v) is 11.4. The Morgan fingerprint density at radius 2 is 2.16 bits per heavy atom. The summed E-state index contributed by atoms with van der Waals surface area (Å²) in [5.74, 6) is 1.30. The molecule has 19 heavy (non-hydrogen) atoms. The van der Waals surface area contributed by atoms with E-state index in [0.717, 1.165) is 16.9 Å². The van der Waals surface area contributed by atoms with Gasteiger partial charge < -0.3 is 4.74 Å². The van der Waals surface area contributed by atoms with Gasteiger partial charge in [-0.25, -0.2) is 0 Å². The molecule has 0 aliphatic carbocycles. The summed E-state index contributed by atoms with van der Waals surface area (Å²) in [5, 5.41) is 12.8. The highest BCUT2D eigenvalue weighted by atomic mass is 16.5. The van der Waals surface area contributed by atoms with E-state index in [1.54, 1.807) is 18.0 Å². The molecule has 98 valence electrons. The number of nitrogens with zero attached hydrogens (tertiary/aromatic N) is 3. The summed E-state index contributed by atoms with van der Waals surface area (Å²) >= 11 is 0. The van der Waals surface area contributed by atoms with Gasteiger partial charge in [0, 0.05) is 11.8 Å². The molecule has 0 radical (unpaired) electrons. The average Bonchev–Trinajstić information content (AvgIpc) is 2.87. The fraction of sp³-hybridized carbons (Fsp3) is 0.333. The van der Waals surface area contributed by atoms with Crippen LogP contribution in [0.25, 0.3) is 11.1 Å². The van der Waals surface area contributed by atoms with Crippen molar-refractivity contribution in [3.63, 3.8) is 0 Å². The highest BCUT2D eigenvalue weighted by Crippen LogP contribution is 2.31. The van der Waals surface area contributed by atoms with Crippen LogP contribution in [0.15, 0.2) is 30.6 Å². The van der Waals surface area contributed by atoms with E-state index >= 15 is 0 Å². The minimum atomic E-state index is 0.271. The van der Waals surface area contributed by atoms with Gasteiger partial charge in [0.1, 0.15) is 12.3 Å². The smallest absolute Gasteiger partial charge is 0.128 e. The topological polar surface area (TPSA) is 50.8 Å². The van der Waals surface area contributed by atoms with Crippen LogP contribution < -0.4 is 4.74 Å². The molecule has 1 aromatic heterocycles. The van der Waals surface area contributed by atoms with Crippen LogP contribution in [0.1, 0.15) is 25.3 Å². The number of ether oxygens (including phenoxy) is 1. The number of benzene rings is 1. The van der Waals surface area contributed by atoms with E-state index < -0.39 is 0 Å². The monoisotopic (exact) mass is 255 g/mol. The van der Waals surface area contributed by atoms with Crippen LogP contribution in [0, 0.1) is 11.3 Å². The van der Waals surface area contributed by atoms with Crippen molar-refractivity contribution in [2.75, 3.05) is 7.11 Å². The molecule has 0 fully saturated rings. The zero-order valence-electron chi connectivity index (χ0n) is 11.4. The van der Waals surface area contributed by atoms with E-state index in [1.165, 1.54) is 5.56 Å². The highest BCUT2D eigenvalue weighted by Gasteiger charge is 2.10. The summed E-state index contributed by atoms with van der Waals surface area (Å²) < 4.78 is 7.01. The molecule has 0 spiro atoms. The van der Waals surface area contributed by atoms with E-state index in [1.807, 2.05) is 18.3 Å². The largest absolute Gasteiger partial charge is 0.496 e. The molecule has 0 aliphatic heterocycles. The number of rotatable bonds is 4. The molecule has 1 aromatic carbocycles. The Balaban J connectivity index is 2.39. The van der Waals surface area contributed by atoms with Crippen molar-refractivity contribution in [3.05, 3.63) is 36.2 Å². The Hall–Kier alpha value is -2.28. The van der Waals surface area contributed by atoms with Gasteiger partial charge in [-0.3, -0.25) is 4.68 Å². The summed E-state index contributed by atoms with van der Waals surface area (Å²) in [6, 6.07) is 8.19. The number of hydrogen-bond acceptors (Lipinski definition) is 3. The molecule has 1 heterocycles. The SMILES string of the molecule is COc1ccc(-c2cnn(CC#N)c2)cc1C(C)C. The Labute approximate surface area is 113 Å². The lowest BCUT2D eigenvalue weighted by Crippen LogP contribution is -1.95. The zero-order chi connectivity index (χ0) is 13.8. The first-order valence-electron chi connectivity index (χ1n) is 6.23. The van der Waals surface area contributed by atoms with Gasteiger partial charge in [-0.05, 0) is 29.2 Å². The molecule has 0 unspecified atom stereocenters. The van der Waals surface area contributed by atoms with E-state index in [4.69, 9.17) is 10.00 Å².